The number of ether oxygens (including phenoxy) is 3. The Bertz CT molecular complexity index is 1700. The fraction of sp³-hybridized carbons (Fsp3) is 0.576. The normalized spacial score (nSPS) is 26.6. The lowest BCUT2D eigenvalue weighted by atomic mass is 9.98. The summed E-state index contributed by atoms with van der Waals surface area (Å²) in [6, 6.07) is 10.1. The Morgan fingerprint density at radius 1 is 1.13 bits per heavy atom. The number of carbonyl (C=O) groups excluding carboxylic acids is 1. The lowest BCUT2D eigenvalue weighted by Crippen LogP contribution is -2.52. The van der Waals surface area contributed by atoms with Crippen LogP contribution >= 0.6 is 11.3 Å². The summed E-state index contributed by atoms with van der Waals surface area (Å²) in [7, 11) is -4.05. The van der Waals surface area contributed by atoms with E-state index < -0.39 is 34.1 Å². The average molecular weight is 689 g/mol. The Kier molecular flexibility index (Phi) is 9.17. The van der Waals surface area contributed by atoms with E-state index in [1.54, 1.807) is 30.3 Å². The third kappa shape index (κ3) is 7.13. The van der Waals surface area contributed by atoms with Gasteiger partial charge in [-0.05, 0) is 67.5 Å². The quantitative estimate of drug-likeness (QED) is 0.239. The second-order valence-corrected chi connectivity index (χ2v) is 16.6. The lowest BCUT2D eigenvalue weighted by Gasteiger charge is -2.31. The molecule has 1 aromatic heterocycles. The number of hydrogen-bond acceptors (Lipinski definition) is 10. The summed E-state index contributed by atoms with van der Waals surface area (Å²) in [6.07, 6.45) is 0.539. The number of hydrogen-bond donors (Lipinski definition) is 3. The van der Waals surface area contributed by atoms with Crippen LogP contribution in [0, 0.1) is 29.5 Å². The standard InChI is InChI=1S/C33H41FN4O7S2/c1-18(2)14-38(47(41,42)23-9-10-26-29(13-23)46-32(36-26)35-22-7-8-22)15-28(39)27(11-19-3-5-21(34)6-4-19)37-33(40)45-30-20-12-24-25(30)17-44-31(24)43-16-20/h3-6,9-10,13,18,20,22,24-25,27-28,30-31,39H,7-8,11-12,14-17H2,1-2H3,(H,35,36)(H,37,40)/t20-,24-,25-,27+,28-,30+,31+/m1/s1. The second-order valence-electron chi connectivity index (χ2n) is 13.7. The number of nitrogens with zero attached hydrogens (tertiary/aromatic N) is 2. The topological polar surface area (TPSA) is 139 Å². The summed E-state index contributed by atoms with van der Waals surface area (Å²) < 4.78 is 61.4. The number of rotatable bonds is 13. The van der Waals surface area contributed by atoms with Crippen LogP contribution in [0.4, 0.5) is 14.3 Å². The van der Waals surface area contributed by atoms with Crippen LogP contribution in [-0.4, -0.2) is 85.8 Å². The van der Waals surface area contributed by atoms with Crippen molar-refractivity contribution in [1.82, 2.24) is 14.6 Å². The lowest BCUT2D eigenvalue weighted by molar-refractivity contribution is -0.169. The van der Waals surface area contributed by atoms with E-state index in [1.807, 2.05) is 13.8 Å². The van der Waals surface area contributed by atoms with Gasteiger partial charge in [-0.3, -0.25) is 0 Å². The molecular formula is C33H41FN4O7S2. The van der Waals surface area contributed by atoms with Gasteiger partial charge in [0.05, 0.1) is 40.5 Å². The van der Waals surface area contributed by atoms with Gasteiger partial charge in [0.1, 0.15) is 11.9 Å². The van der Waals surface area contributed by atoms with Crippen LogP contribution in [-0.2, 0) is 30.7 Å². The Morgan fingerprint density at radius 2 is 1.89 bits per heavy atom. The Labute approximate surface area is 277 Å². The molecule has 4 aliphatic rings. The van der Waals surface area contributed by atoms with Gasteiger partial charge in [-0.1, -0.05) is 37.3 Å². The van der Waals surface area contributed by atoms with E-state index in [0.717, 1.165) is 29.1 Å². The maximum Gasteiger partial charge on any atom is 0.407 e. The molecule has 11 nitrogen and oxygen atoms in total. The Balaban J connectivity index is 1.10. The molecule has 7 rings (SSSR count). The van der Waals surface area contributed by atoms with E-state index in [9.17, 15) is 22.7 Å². The summed E-state index contributed by atoms with van der Waals surface area (Å²) in [6.45, 7) is 4.59. The first-order valence-corrected chi connectivity index (χ1v) is 18.6. The molecule has 254 valence electrons. The van der Waals surface area contributed by atoms with Crippen LogP contribution < -0.4 is 10.6 Å². The summed E-state index contributed by atoms with van der Waals surface area (Å²) in [5.74, 6) is -0.158. The van der Waals surface area contributed by atoms with E-state index >= 15 is 0 Å². The number of amides is 1. The number of aliphatic hydroxyl groups excluding tert-OH is 1. The molecule has 0 radical (unpaired) electrons. The van der Waals surface area contributed by atoms with Gasteiger partial charge in [-0.2, -0.15) is 4.31 Å². The van der Waals surface area contributed by atoms with Gasteiger partial charge in [-0.25, -0.2) is 22.6 Å². The largest absolute Gasteiger partial charge is 0.445 e. The van der Waals surface area contributed by atoms with Crippen molar-refractivity contribution < 1.29 is 36.9 Å². The van der Waals surface area contributed by atoms with Crippen molar-refractivity contribution in [2.45, 2.75) is 75.0 Å². The number of aromatic nitrogens is 1. The molecule has 3 heterocycles. The number of carbonyl (C=O) groups is 1. The minimum atomic E-state index is -4.05. The molecule has 4 fully saturated rings. The number of anilines is 1. The number of alkyl carbamates (subject to hydrolysis) is 1. The number of halogens is 1. The predicted octanol–water partition coefficient (Wildman–Crippen LogP) is 4.36. The van der Waals surface area contributed by atoms with E-state index in [0.29, 0.717) is 30.3 Å². The van der Waals surface area contributed by atoms with Crippen LogP contribution in [0.3, 0.4) is 0 Å². The van der Waals surface area contributed by atoms with Gasteiger partial charge < -0.3 is 30.0 Å². The molecule has 3 N–H and O–H groups in total. The number of benzene rings is 2. The molecule has 7 atom stereocenters. The van der Waals surface area contributed by atoms with Gasteiger partial charge in [0.25, 0.3) is 0 Å². The zero-order chi connectivity index (χ0) is 32.9. The minimum Gasteiger partial charge on any atom is -0.445 e. The number of aliphatic hydroxyl groups is 1. The van der Waals surface area contributed by atoms with Crippen LogP contribution in [0.5, 0.6) is 0 Å². The van der Waals surface area contributed by atoms with Crippen LogP contribution in [0.2, 0.25) is 0 Å². The fourth-order valence-electron chi connectivity index (χ4n) is 7.01. The smallest absolute Gasteiger partial charge is 0.407 e. The highest BCUT2D eigenvalue weighted by molar-refractivity contribution is 7.89. The predicted molar refractivity (Wildman–Crippen MR) is 174 cm³/mol. The van der Waals surface area contributed by atoms with Crippen LogP contribution in [0.1, 0.15) is 38.7 Å². The van der Waals surface area contributed by atoms with Crippen molar-refractivity contribution in [2.75, 3.05) is 31.6 Å². The number of sulfonamides is 1. The highest BCUT2D eigenvalue weighted by atomic mass is 32.2. The maximum absolute atomic E-state index is 14.1. The molecule has 47 heavy (non-hydrogen) atoms. The molecule has 2 bridgehead atoms. The molecule has 3 aromatic rings. The van der Waals surface area contributed by atoms with Crippen LogP contribution in [0.15, 0.2) is 47.4 Å². The van der Waals surface area contributed by atoms with E-state index in [4.69, 9.17) is 14.2 Å². The van der Waals surface area contributed by atoms with Gasteiger partial charge in [-0.15, -0.1) is 0 Å². The van der Waals surface area contributed by atoms with Gasteiger partial charge in [0, 0.05) is 36.9 Å². The number of nitrogens with one attached hydrogen (secondary N) is 2. The van der Waals surface area contributed by atoms with Crippen molar-refractivity contribution in [3.05, 3.63) is 53.8 Å². The fourth-order valence-corrected chi connectivity index (χ4v) is 9.71. The van der Waals surface area contributed by atoms with Gasteiger partial charge >= 0.3 is 6.09 Å². The Hall–Kier alpha value is -2.88. The molecule has 14 heteroatoms. The molecule has 2 aliphatic carbocycles. The van der Waals surface area contributed by atoms with Crippen molar-refractivity contribution in [3.8, 4) is 0 Å². The third-order valence-corrected chi connectivity index (χ3v) is 12.3. The maximum atomic E-state index is 14.1. The third-order valence-electron chi connectivity index (χ3n) is 9.53. The van der Waals surface area contributed by atoms with Gasteiger partial charge in [0.15, 0.2) is 11.4 Å². The highest BCUT2D eigenvalue weighted by Crippen LogP contribution is 2.49. The van der Waals surface area contributed by atoms with Crippen molar-refractivity contribution in [3.63, 3.8) is 0 Å². The van der Waals surface area contributed by atoms with Gasteiger partial charge in [0.2, 0.25) is 10.0 Å². The molecular weight excluding hydrogens is 648 g/mol. The SMILES string of the molecule is CC(C)CN(C[C@@H](O)[C@H](Cc1ccc(F)cc1)NC(=O)O[C@H]1[C@H]2CO[C@H]3OC[C@@H]1[C@H]3C2)S(=O)(=O)c1ccc2nc(NC3CC3)sc2c1. The first-order valence-electron chi connectivity index (χ1n) is 16.3. The zero-order valence-electron chi connectivity index (χ0n) is 26.4. The summed E-state index contributed by atoms with van der Waals surface area (Å²) in [5, 5.41) is 18.6. The first kappa shape index (κ1) is 32.7. The van der Waals surface area contributed by atoms with E-state index in [2.05, 4.69) is 15.6 Å². The Morgan fingerprint density at radius 3 is 2.64 bits per heavy atom. The molecule has 2 aromatic carbocycles. The van der Waals surface area contributed by atoms with Crippen molar-refractivity contribution in [2.24, 2.45) is 23.7 Å². The summed E-state index contributed by atoms with van der Waals surface area (Å²) in [5.41, 5.74) is 1.38. The molecule has 2 saturated carbocycles. The molecule has 0 spiro atoms. The van der Waals surface area contributed by atoms with Crippen LogP contribution in [0.25, 0.3) is 10.2 Å². The second kappa shape index (κ2) is 13.2. The summed E-state index contributed by atoms with van der Waals surface area (Å²) in [4.78, 5) is 18.1. The molecule has 0 unspecified atom stereocenters. The molecule has 2 saturated heterocycles. The van der Waals surface area contributed by atoms with Crippen molar-refractivity contribution >= 4 is 42.8 Å². The number of thiazole rings is 1. The monoisotopic (exact) mass is 688 g/mol. The highest BCUT2D eigenvalue weighted by Gasteiger charge is 2.56. The molecule has 2 aliphatic heterocycles. The zero-order valence-corrected chi connectivity index (χ0v) is 28.0. The van der Waals surface area contributed by atoms with E-state index in [-0.39, 0.29) is 60.5 Å². The molecule has 1 amide bonds. The first-order chi connectivity index (χ1) is 22.5. The number of fused-ring (bicyclic) bond motifs is 2. The van der Waals surface area contributed by atoms with Crippen molar-refractivity contribution in [1.29, 1.82) is 0 Å². The summed E-state index contributed by atoms with van der Waals surface area (Å²) >= 11 is 1.41. The van der Waals surface area contributed by atoms with E-state index in [1.165, 1.54) is 27.8 Å². The average Bonchev–Trinajstić information content (AvgIpc) is 3.49. The minimum absolute atomic E-state index is 0.0434.